The standard InChI is InChI=1S/C9H18O5/c1-10-5-6-7(11-2)8(12-3)9(13-4)14-6/h6-9H,5H2,1-4H3/t6-,7?,8+,9+/m0/s1. The molecule has 14 heavy (non-hydrogen) atoms. The zero-order valence-corrected chi connectivity index (χ0v) is 9.06. The minimum atomic E-state index is -0.384. The molecule has 1 aliphatic heterocycles. The highest BCUT2D eigenvalue weighted by atomic mass is 16.7. The maximum Gasteiger partial charge on any atom is 0.186 e. The van der Waals surface area contributed by atoms with E-state index in [0.29, 0.717) is 6.61 Å². The molecular formula is C9H18O5. The summed E-state index contributed by atoms with van der Waals surface area (Å²) >= 11 is 0. The Labute approximate surface area is 84.2 Å². The molecular weight excluding hydrogens is 188 g/mol. The highest BCUT2D eigenvalue weighted by molar-refractivity contribution is 4.88. The number of ether oxygens (including phenoxy) is 5. The average Bonchev–Trinajstić information content (AvgIpc) is 2.55. The van der Waals surface area contributed by atoms with Gasteiger partial charge in [-0.3, -0.25) is 0 Å². The van der Waals surface area contributed by atoms with Crippen molar-refractivity contribution >= 4 is 0 Å². The lowest BCUT2D eigenvalue weighted by atomic mass is 10.1. The summed E-state index contributed by atoms with van der Waals surface area (Å²) in [6, 6.07) is 0. The molecule has 0 amide bonds. The highest BCUT2D eigenvalue weighted by Gasteiger charge is 2.45. The minimum absolute atomic E-state index is 0.139. The quantitative estimate of drug-likeness (QED) is 0.635. The fourth-order valence-electron chi connectivity index (χ4n) is 1.71. The van der Waals surface area contributed by atoms with Crippen molar-refractivity contribution in [2.45, 2.75) is 24.6 Å². The van der Waals surface area contributed by atoms with E-state index in [0.717, 1.165) is 0 Å². The van der Waals surface area contributed by atoms with Crippen molar-refractivity contribution in [3.63, 3.8) is 0 Å². The van der Waals surface area contributed by atoms with E-state index >= 15 is 0 Å². The average molecular weight is 206 g/mol. The first-order valence-electron chi connectivity index (χ1n) is 4.51. The maximum atomic E-state index is 5.56. The molecule has 5 heteroatoms. The SMILES string of the molecule is COC[C@@H]1O[C@@H](OC)[C@H](OC)C1OC. The summed E-state index contributed by atoms with van der Waals surface area (Å²) in [4.78, 5) is 0. The molecule has 84 valence electrons. The molecule has 0 bridgehead atoms. The Bertz CT molecular complexity index is 163. The Morgan fingerprint density at radius 2 is 1.57 bits per heavy atom. The lowest BCUT2D eigenvalue weighted by Crippen LogP contribution is -2.37. The fourth-order valence-corrected chi connectivity index (χ4v) is 1.71. The van der Waals surface area contributed by atoms with E-state index < -0.39 is 0 Å². The molecule has 1 fully saturated rings. The molecule has 0 aromatic rings. The third-order valence-electron chi connectivity index (χ3n) is 2.37. The first-order chi connectivity index (χ1) is 6.78. The van der Waals surface area contributed by atoms with Crippen LogP contribution in [0.2, 0.25) is 0 Å². The van der Waals surface area contributed by atoms with Crippen molar-refractivity contribution in [1.29, 1.82) is 0 Å². The lowest BCUT2D eigenvalue weighted by molar-refractivity contribution is -0.160. The second-order valence-corrected chi connectivity index (χ2v) is 3.13. The van der Waals surface area contributed by atoms with Crippen LogP contribution in [0, 0.1) is 0 Å². The van der Waals surface area contributed by atoms with Crippen molar-refractivity contribution in [2.24, 2.45) is 0 Å². The molecule has 5 nitrogen and oxygen atoms in total. The Balaban J connectivity index is 2.62. The number of rotatable bonds is 5. The largest absolute Gasteiger partial charge is 0.382 e. The van der Waals surface area contributed by atoms with Gasteiger partial charge in [0.15, 0.2) is 6.29 Å². The third kappa shape index (κ3) is 2.24. The predicted octanol–water partition coefficient (Wildman–Crippen LogP) is 0.0341. The van der Waals surface area contributed by atoms with Crippen molar-refractivity contribution in [3.05, 3.63) is 0 Å². The molecule has 0 saturated carbocycles. The van der Waals surface area contributed by atoms with Crippen LogP contribution in [-0.4, -0.2) is 59.6 Å². The van der Waals surface area contributed by atoms with Crippen LogP contribution in [0.1, 0.15) is 0 Å². The van der Waals surface area contributed by atoms with Gasteiger partial charge < -0.3 is 23.7 Å². The van der Waals surface area contributed by atoms with Gasteiger partial charge in [-0.1, -0.05) is 0 Å². The van der Waals surface area contributed by atoms with Crippen LogP contribution in [0.25, 0.3) is 0 Å². The smallest absolute Gasteiger partial charge is 0.186 e. The van der Waals surface area contributed by atoms with Crippen molar-refractivity contribution < 1.29 is 23.7 Å². The monoisotopic (exact) mass is 206 g/mol. The van der Waals surface area contributed by atoms with Gasteiger partial charge in [0.05, 0.1) is 6.61 Å². The van der Waals surface area contributed by atoms with Gasteiger partial charge in [0.2, 0.25) is 0 Å². The van der Waals surface area contributed by atoms with E-state index in [4.69, 9.17) is 23.7 Å². The van der Waals surface area contributed by atoms with Gasteiger partial charge in [-0.2, -0.15) is 0 Å². The van der Waals surface area contributed by atoms with Gasteiger partial charge in [-0.25, -0.2) is 0 Å². The van der Waals surface area contributed by atoms with Gasteiger partial charge >= 0.3 is 0 Å². The molecule has 1 heterocycles. The first kappa shape index (κ1) is 11.9. The van der Waals surface area contributed by atoms with Gasteiger partial charge in [0, 0.05) is 28.4 Å². The lowest BCUT2D eigenvalue weighted by Gasteiger charge is -2.20. The second-order valence-electron chi connectivity index (χ2n) is 3.13. The Hall–Kier alpha value is -0.200. The van der Waals surface area contributed by atoms with Crippen molar-refractivity contribution in [2.75, 3.05) is 35.0 Å². The van der Waals surface area contributed by atoms with Gasteiger partial charge in [-0.15, -0.1) is 0 Å². The minimum Gasteiger partial charge on any atom is -0.382 e. The topological polar surface area (TPSA) is 46.2 Å². The van der Waals surface area contributed by atoms with Crippen LogP contribution < -0.4 is 0 Å². The molecule has 0 N–H and O–H groups in total. The molecule has 1 unspecified atom stereocenters. The van der Waals surface area contributed by atoms with Gasteiger partial charge in [-0.05, 0) is 0 Å². The summed E-state index contributed by atoms with van der Waals surface area (Å²) < 4.78 is 26.3. The van der Waals surface area contributed by atoms with Crippen LogP contribution in [0.5, 0.6) is 0 Å². The van der Waals surface area contributed by atoms with E-state index in [1.54, 1.807) is 28.4 Å². The van der Waals surface area contributed by atoms with E-state index in [2.05, 4.69) is 0 Å². The maximum absolute atomic E-state index is 5.56. The molecule has 0 aromatic carbocycles. The van der Waals surface area contributed by atoms with Crippen LogP contribution in [-0.2, 0) is 23.7 Å². The zero-order chi connectivity index (χ0) is 10.6. The van der Waals surface area contributed by atoms with Gasteiger partial charge in [0.25, 0.3) is 0 Å². The summed E-state index contributed by atoms with van der Waals surface area (Å²) in [5.41, 5.74) is 0. The molecule has 1 rings (SSSR count). The van der Waals surface area contributed by atoms with E-state index in [9.17, 15) is 0 Å². The molecule has 0 spiro atoms. The number of methoxy groups -OCH3 is 4. The zero-order valence-electron chi connectivity index (χ0n) is 9.06. The first-order valence-corrected chi connectivity index (χ1v) is 4.51. The van der Waals surface area contributed by atoms with E-state index in [1.165, 1.54) is 0 Å². The summed E-state index contributed by atoms with van der Waals surface area (Å²) in [6.45, 7) is 0.470. The second kappa shape index (κ2) is 5.63. The summed E-state index contributed by atoms with van der Waals surface area (Å²) in [7, 11) is 6.44. The molecule has 0 aromatic heterocycles. The van der Waals surface area contributed by atoms with Crippen LogP contribution in [0.4, 0.5) is 0 Å². The molecule has 0 aliphatic carbocycles. The van der Waals surface area contributed by atoms with Crippen molar-refractivity contribution in [1.82, 2.24) is 0 Å². The fraction of sp³-hybridized carbons (Fsp3) is 1.00. The molecule has 1 saturated heterocycles. The summed E-state index contributed by atoms with van der Waals surface area (Å²) in [5.74, 6) is 0. The predicted molar refractivity (Wildman–Crippen MR) is 49.1 cm³/mol. The Morgan fingerprint density at radius 3 is 2.00 bits per heavy atom. The summed E-state index contributed by atoms with van der Waals surface area (Å²) in [5, 5.41) is 0. The molecule has 1 aliphatic rings. The normalized spacial score (nSPS) is 37.7. The number of hydrogen-bond donors (Lipinski definition) is 0. The number of hydrogen-bond acceptors (Lipinski definition) is 5. The van der Waals surface area contributed by atoms with E-state index in [1.807, 2.05) is 0 Å². The third-order valence-corrected chi connectivity index (χ3v) is 2.37. The van der Waals surface area contributed by atoms with Crippen LogP contribution >= 0.6 is 0 Å². The van der Waals surface area contributed by atoms with E-state index in [-0.39, 0.29) is 24.6 Å². The Kier molecular flexibility index (Phi) is 4.77. The van der Waals surface area contributed by atoms with Gasteiger partial charge in [0.1, 0.15) is 18.3 Å². The summed E-state index contributed by atoms with van der Waals surface area (Å²) in [6.07, 6.45) is -0.875. The van der Waals surface area contributed by atoms with Crippen LogP contribution in [0.15, 0.2) is 0 Å². The molecule has 4 atom stereocenters. The Morgan fingerprint density at radius 1 is 0.929 bits per heavy atom. The molecule has 0 radical (unpaired) electrons. The van der Waals surface area contributed by atoms with Crippen molar-refractivity contribution in [3.8, 4) is 0 Å². The highest BCUT2D eigenvalue weighted by Crippen LogP contribution is 2.26. The van der Waals surface area contributed by atoms with Crippen LogP contribution in [0.3, 0.4) is 0 Å².